The second-order valence-corrected chi connectivity index (χ2v) is 7.27. The van der Waals surface area contributed by atoms with Crippen molar-refractivity contribution in [2.75, 3.05) is 0 Å². The maximum atomic E-state index is 15.0. The van der Waals surface area contributed by atoms with E-state index in [1.54, 1.807) is 6.92 Å². The number of halogens is 2. The predicted molar refractivity (Wildman–Crippen MR) is 110 cm³/mol. The van der Waals surface area contributed by atoms with Gasteiger partial charge in [-0.2, -0.15) is 0 Å². The molecule has 0 amide bonds. The van der Waals surface area contributed by atoms with Gasteiger partial charge in [0.15, 0.2) is 0 Å². The van der Waals surface area contributed by atoms with E-state index in [2.05, 4.69) is 9.47 Å². The van der Waals surface area contributed by atoms with Gasteiger partial charge in [-0.05, 0) is 86.1 Å². The molecule has 0 saturated heterocycles. The molecule has 3 atom stereocenters. The van der Waals surface area contributed by atoms with E-state index >= 15 is 0 Å². The van der Waals surface area contributed by atoms with Crippen molar-refractivity contribution in [1.82, 2.24) is 0 Å². The molecule has 0 heterocycles. The Morgan fingerprint density at radius 2 is 1.85 bits per heavy atom. The Bertz CT molecular complexity index is 878. The van der Waals surface area contributed by atoms with Crippen molar-refractivity contribution >= 4 is 9.47 Å². The SMILES string of the molecule is C/C=C\C(=C/C)C1CCc2cc(OP)ccc2C1c1c(F)cc(C)cc1F. The highest BCUT2D eigenvalue weighted by Gasteiger charge is 2.36. The smallest absolute Gasteiger partial charge is 0.130 e. The fourth-order valence-electron chi connectivity index (χ4n) is 4.22. The Kier molecular flexibility index (Phi) is 6.11. The topological polar surface area (TPSA) is 9.23 Å². The van der Waals surface area contributed by atoms with E-state index < -0.39 is 11.6 Å². The summed E-state index contributed by atoms with van der Waals surface area (Å²) in [4.78, 5) is 0. The van der Waals surface area contributed by atoms with Crippen molar-refractivity contribution in [3.63, 3.8) is 0 Å². The molecule has 0 spiro atoms. The first-order chi connectivity index (χ1) is 13.0. The third-order valence-electron chi connectivity index (χ3n) is 5.37. The van der Waals surface area contributed by atoms with Gasteiger partial charge in [-0.15, -0.1) is 0 Å². The highest BCUT2D eigenvalue weighted by Crippen LogP contribution is 2.47. The summed E-state index contributed by atoms with van der Waals surface area (Å²) in [6.45, 7) is 5.65. The van der Waals surface area contributed by atoms with Gasteiger partial charge in [0.05, 0.1) is 9.47 Å². The van der Waals surface area contributed by atoms with E-state index in [1.807, 2.05) is 50.3 Å². The maximum Gasteiger partial charge on any atom is 0.130 e. The van der Waals surface area contributed by atoms with Crippen LogP contribution in [0.25, 0.3) is 0 Å². The van der Waals surface area contributed by atoms with Gasteiger partial charge < -0.3 is 4.52 Å². The average Bonchev–Trinajstić information content (AvgIpc) is 2.65. The number of hydrogen-bond acceptors (Lipinski definition) is 1. The molecule has 2 aromatic rings. The Morgan fingerprint density at radius 1 is 1.15 bits per heavy atom. The zero-order valence-corrected chi connectivity index (χ0v) is 17.1. The summed E-state index contributed by atoms with van der Waals surface area (Å²) in [5, 5.41) is 0. The fraction of sp³-hybridized carbons (Fsp3) is 0.304. The second-order valence-electron chi connectivity index (χ2n) is 7.03. The normalized spacial score (nSPS) is 20.0. The van der Waals surface area contributed by atoms with E-state index in [0.717, 1.165) is 35.3 Å². The van der Waals surface area contributed by atoms with E-state index in [-0.39, 0.29) is 17.4 Å². The van der Waals surface area contributed by atoms with Crippen molar-refractivity contribution in [2.24, 2.45) is 5.92 Å². The average molecular weight is 386 g/mol. The summed E-state index contributed by atoms with van der Waals surface area (Å²) in [7, 11) is 2.24. The number of allylic oxidation sites excluding steroid dienone is 4. The monoisotopic (exact) mass is 386 g/mol. The van der Waals surface area contributed by atoms with Crippen molar-refractivity contribution in [3.8, 4) is 5.75 Å². The third kappa shape index (κ3) is 3.84. The van der Waals surface area contributed by atoms with Crippen LogP contribution in [0.4, 0.5) is 8.78 Å². The first-order valence-electron chi connectivity index (χ1n) is 9.24. The molecule has 27 heavy (non-hydrogen) atoms. The van der Waals surface area contributed by atoms with Crippen LogP contribution in [0, 0.1) is 24.5 Å². The Balaban J connectivity index is 2.23. The highest BCUT2D eigenvalue weighted by atomic mass is 31.0. The lowest BCUT2D eigenvalue weighted by molar-refractivity contribution is 0.438. The first kappa shape index (κ1) is 19.8. The zero-order chi connectivity index (χ0) is 19.6. The molecule has 0 bridgehead atoms. The molecule has 142 valence electrons. The lowest BCUT2D eigenvalue weighted by atomic mass is 9.68. The van der Waals surface area contributed by atoms with Crippen LogP contribution < -0.4 is 4.52 Å². The Hall–Kier alpha value is -1.99. The van der Waals surface area contributed by atoms with Gasteiger partial charge in [0.1, 0.15) is 17.4 Å². The minimum absolute atomic E-state index is 0.0215. The molecule has 0 aromatic heterocycles. The minimum Gasteiger partial charge on any atom is -0.480 e. The van der Waals surface area contributed by atoms with E-state index in [9.17, 15) is 8.78 Å². The van der Waals surface area contributed by atoms with Crippen LogP contribution >= 0.6 is 9.47 Å². The zero-order valence-electron chi connectivity index (χ0n) is 15.9. The molecule has 4 heteroatoms. The van der Waals surface area contributed by atoms with Gasteiger partial charge >= 0.3 is 0 Å². The summed E-state index contributed by atoms with van der Waals surface area (Å²) >= 11 is 0. The summed E-state index contributed by atoms with van der Waals surface area (Å²) in [6.07, 6.45) is 7.76. The molecule has 1 aliphatic carbocycles. The minimum atomic E-state index is -0.474. The van der Waals surface area contributed by atoms with Crippen LogP contribution in [0.3, 0.4) is 0 Å². The Morgan fingerprint density at radius 3 is 2.44 bits per heavy atom. The standard InChI is InChI=1S/C23H25F2OP/c1-4-6-15(5-2)18-9-7-16-13-17(26-27)8-10-19(16)22(18)23-20(24)11-14(3)12-21(23)25/h4-6,8,10-13,18,22H,7,9,27H2,1-3H3/b6-4-,15-5+. The molecule has 0 saturated carbocycles. The van der Waals surface area contributed by atoms with E-state index in [0.29, 0.717) is 5.56 Å². The van der Waals surface area contributed by atoms with Gasteiger partial charge in [0.25, 0.3) is 0 Å². The van der Waals surface area contributed by atoms with Crippen LogP contribution in [0.2, 0.25) is 0 Å². The Labute approximate surface area is 162 Å². The highest BCUT2D eigenvalue weighted by molar-refractivity contribution is 7.10. The molecule has 3 rings (SSSR count). The summed E-state index contributed by atoms with van der Waals surface area (Å²) in [5.41, 5.74) is 3.93. The van der Waals surface area contributed by atoms with E-state index in [1.165, 1.54) is 12.1 Å². The number of aryl methyl sites for hydroxylation is 2. The number of hydrogen-bond donors (Lipinski definition) is 0. The molecule has 0 N–H and O–H groups in total. The first-order valence-corrected chi connectivity index (χ1v) is 9.71. The van der Waals surface area contributed by atoms with Crippen LogP contribution in [0.15, 0.2) is 54.1 Å². The summed E-state index contributed by atoms with van der Waals surface area (Å²) < 4.78 is 35.2. The van der Waals surface area contributed by atoms with Gasteiger partial charge in [-0.25, -0.2) is 8.78 Å². The van der Waals surface area contributed by atoms with Crippen LogP contribution in [0.1, 0.15) is 48.4 Å². The maximum absolute atomic E-state index is 15.0. The van der Waals surface area contributed by atoms with Crippen molar-refractivity contribution in [2.45, 2.75) is 39.5 Å². The lowest BCUT2D eigenvalue weighted by Gasteiger charge is -2.35. The van der Waals surface area contributed by atoms with Crippen molar-refractivity contribution in [3.05, 3.63) is 88.0 Å². The van der Waals surface area contributed by atoms with Gasteiger partial charge in [-0.1, -0.05) is 24.3 Å². The van der Waals surface area contributed by atoms with Crippen molar-refractivity contribution in [1.29, 1.82) is 0 Å². The number of fused-ring (bicyclic) bond motifs is 1. The molecule has 1 aliphatic rings. The largest absolute Gasteiger partial charge is 0.480 e. The molecule has 0 fully saturated rings. The van der Waals surface area contributed by atoms with Gasteiger partial charge in [0, 0.05) is 11.5 Å². The fourth-order valence-corrected chi connectivity index (χ4v) is 4.37. The molecule has 2 aromatic carbocycles. The lowest BCUT2D eigenvalue weighted by Crippen LogP contribution is -2.25. The molecule has 3 unspecified atom stereocenters. The quantitative estimate of drug-likeness (QED) is 0.422. The number of benzene rings is 2. The van der Waals surface area contributed by atoms with Crippen LogP contribution in [-0.4, -0.2) is 0 Å². The molecular formula is C23H25F2OP. The van der Waals surface area contributed by atoms with E-state index in [4.69, 9.17) is 4.52 Å². The molecular weight excluding hydrogens is 361 g/mol. The van der Waals surface area contributed by atoms with Crippen LogP contribution in [-0.2, 0) is 6.42 Å². The van der Waals surface area contributed by atoms with Crippen molar-refractivity contribution < 1.29 is 13.3 Å². The summed E-state index contributed by atoms with van der Waals surface area (Å²) in [6, 6.07) is 8.63. The third-order valence-corrected chi connectivity index (χ3v) is 5.64. The number of rotatable bonds is 4. The molecule has 1 nitrogen and oxygen atoms in total. The molecule has 0 aliphatic heterocycles. The predicted octanol–water partition coefficient (Wildman–Crippen LogP) is 6.66. The van der Waals surface area contributed by atoms with Gasteiger partial charge in [-0.3, -0.25) is 0 Å². The second kappa shape index (κ2) is 8.35. The van der Waals surface area contributed by atoms with Gasteiger partial charge in [0.2, 0.25) is 0 Å². The van der Waals surface area contributed by atoms with Crippen LogP contribution in [0.5, 0.6) is 5.75 Å². The molecule has 0 radical (unpaired) electrons. The summed E-state index contributed by atoms with van der Waals surface area (Å²) in [5.74, 6) is -0.556.